The van der Waals surface area contributed by atoms with Crippen LogP contribution in [0, 0.1) is 6.07 Å². The number of aromatic nitrogens is 3. The van der Waals surface area contributed by atoms with E-state index in [1.54, 1.807) is 24.4 Å². The second-order valence-corrected chi connectivity index (χ2v) is 18.1. The molecule has 0 amide bonds. The number of rotatable bonds is 6. The van der Waals surface area contributed by atoms with Gasteiger partial charge < -0.3 is 5.11 Å². The Morgan fingerprint density at radius 3 is 1.90 bits per heavy atom. The predicted molar refractivity (Wildman–Crippen MR) is 243 cm³/mol. The number of aromatic hydroxyl groups is 1. The van der Waals surface area contributed by atoms with Crippen molar-refractivity contribution in [1.82, 2.24) is 14.5 Å². The zero-order valence-electron chi connectivity index (χ0n) is 40.1. The van der Waals surface area contributed by atoms with E-state index in [9.17, 15) is 5.11 Å². The summed E-state index contributed by atoms with van der Waals surface area (Å²) in [5, 5.41) is 11.5. The molecule has 2 heterocycles. The Bertz CT molecular complexity index is 3050. The Hall–Kier alpha value is -5.57. The van der Waals surface area contributed by atoms with E-state index < -0.39 is 6.04 Å². The molecule has 0 bridgehead atoms. The van der Waals surface area contributed by atoms with Gasteiger partial charge in [0.05, 0.1) is 29.1 Å². The summed E-state index contributed by atoms with van der Waals surface area (Å²) in [6, 6.07) is 38.4. The van der Waals surface area contributed by atoms with Crippen molar-refractivity contribution < 1.29 is 33.0 Å². The molecule has 6 aromatic carbocycles. The number of nitrogens with zero attached hydrogens (tertiary/aromatic N) is 3. The first-order valence-corrected chi connectivity index (χ1v) is 19.8. The second-order valence-electron chi connectivity index (χ2n) is 18.1. The Morgan fingerprint density at radius 1 is 0.576 bits per heavy atom. The van der Waals surface area contributed by atoms with Crippen LogP contribution in [-0.4, -0.2) is 19.6 Å². The third kappa shape index (κ3) is 8.34. The van der Waals surface area contributed by atoms with Gasteiger partial charge in [0.25, 0.3) is 0 Å². The number of phenols is 1. The van der Waals surface area contributed by atoms with E-state index in [1.165, 1.54) is 5.56 Å². The molecule has 5 heteroatoms. The molecule has 0 saturated carbocycles. The van der Waals surface area contributed by atoms with Crippen molar-refractivity contribution in [3.8, 4) is 67.5 Å². The summed E-state index contributed by atoms with van der Waals surface area (Å²) in [5.41, 5.74) is 11.6. The van der Waals surface area contributed by atoms with E-state index in [4.69, 9.17) is 16.8 Å². The van der Waals surface area contributed by atoms with E-state index in [0.717, 1.165) is 50.1 Å². The smallest absolute Gasteiger partial charge is 0.148 e. The molecule has 0 aliphatic heterocycles. The van der Waals surface area contributed by atoms with Gasteiger partial charge in [-0.3, -0.25) is 9.55 Å². The first-order valence-electron chi connectivity index (χ1n) is 22.3. The van der Waals surface area contributed by atoms with Gasteiger partial charge in [0.15, 0.2) is 0 Å². The summed E-state index contributed by atoms with van der Waals surface area (Å²) in [4.78, 5) is 10.2. The molecule has 2 aromatic heterocycles. The molecular weight excluding hydrogens is 902 g/mol. The van der Waals surface area contributed by atoms with E-state index >= 15 is 0 Å². The monoisotopic (exact) mass is 958 g/mol. The van der Waals surface area contributed by atoms with Crippen molar-refractivity contribution in [3.63, 3.8) is 0 Å². The van der Waals surface area contributed by atoms with Gasteiger partial charge in [-0.25, -0.2) is 4.98 Å². The number of para-hydroxylation sites is 2. The molecule has 0 saturated heterocycles. The van der Waals surface area contributed by atoms with Crippen molar-refractivity contribution in [3.05, 3.63) is 168 Å². The van der Waals surface area contributed by atoms with Crippen LogP contribution in [0.15, 0.2) is 146 Å². The molecule has 0 radical (unpaired) electrons. The van der Waals surface area contributed by atoms with Crippen molar-refractivity contribution in [2.75, 3.05) is 0 Å². The fourth-order valence-electron chi connectivity index (χ4n) is 7.39. The summed E-state index contributed by atoms with van der Waals surface area (Å²) in [6.45, 7) is 19.7. The van der Waals surface area contributed by atoms with Crippen molar-refractivity contribution >= 4 is 11.0 Å². The molecule has 0 fully saturated rings. The number of imidazole rings is 1. The van der Waals surface area contributed by atoms with E-state index in [0.29, 0.717) is 28.2 Å². The van der Waals surface area contributed by atoms with Crippen molar-refractivity contribution in [1.29, 1.82) is 0 Å². The number of fused-ring (bicyclic) bond motifs is 1. The molecule has 0 unspecified atom stereocenters. The van der Waals surface area contributed by atoms with Crippen molar-refractivity contribution in [2.24, 2.45) is 0 Å². The van der Waals surface area contributed by atoms with Gasteiger partial charge in [-0.15, -0.1) is 29.3 Å². The van der Waals surface area contributed by atoms with Crippen molar-refractivity contribution in [2.45, 2.75) is 78.6 Å². The van der Waals surface area contributed by atoms with E-state index in [1.807, 2.05) is 30.3 Å². The maximum Gasteiger partial charge on any atom is 0.148 e. The largest absolute Gasteiger partial charge is 0.507 e. The predicted octanol–water partition coefficient (Wildman–Crippen LogP) is 14.2. The molecule has 8 rings (SSSR count). The normalized spacial score (nSPS) is 13.3. The van der Waals surface area contributed by atoms with Crippen LogP contribution >= 0.6 is 0 Å². The Labute approximate surface area is 371 Å². The third-order valence-corrected chi connectivity index (χ3v) is 10.8. The minimum Gasteiger partial charge on any atom is -0.507 e. The van der Waals surface area contributed by atoms with Crippen LogP contribution in [0.2, 0.25) is 0 Å². The summed E-state index contributed by atoms with van der Waals surface area (Å²) in [7, 11) is 0. The van der Waals surface area contributed by atoms with Crippen LogP contribution in [0.25, 0.3) is 72.7 Å². The fourth-order valence-corrected chi connectivity index (χ4v) is 7.39. The zero-order valence-corrected chi connectivity index (χ0v) is 37.3. The quantitative estimate of drug-likeness (QED) is 0.169. The van der Waals surface area contributed by atoms with E-state index in [-0.39, 0.29) is 72.8 Å². The topological polar surface area (TPSA) is 50.9 Å². The van der Waals surface area contributed by atoms with Gasteiger partial charge in [-0.2, -0.15) is 0 Å². The number of hydrogen-bond acceptors (Lipinski definition) is 3. The first kappa shape index (κ1) is 35.4. The standard InChI is InChI=1S/C54H52N3O.Pt/c1-52(2,3)40-24-22-36(23-25-40)43-27-26-41(53(4,5)6)34-48(43)57-47-20-15-19-44(50(47)56-51(57)45-18-13-14-21-49(45)58)38-30-39(32-42(31-38)54(7,8)9)46-33-37(28-29-55-46)35-16-11-10-12-17-35;/h10-29,31-34,58H,1-9H3;/q-1;/i10D,11D,12D,16D,17D;. The summed E-state index contributed by atoms with van der Waals surface area (Å²) in [6.07, 6.45) is 1.60. The maximum atomic E-state index is 11.5. The molecular formula is C54H52N3OPt-. The molecule has 4 nitrogen and oxygen atoms in total. The second kappa shape index (κ2) is 15.9. The summed E-state index contributed by atoms with van der Waals surface area (Å²) < 4.78 is 44.2. The van der Waals surface area contributed by atoms with Gasteiger partial charge in [-0.05, 0) is 74.4 Å². The van der Waals surface area contributed by atoms with Gasteiger partial charge in [0, 0.05) is 38.5 Å². The van der Waals surface area contributed by atoms with Gasteiger partial charge in [0.1, 0.15) is 11.6 Å². The average Bonchev–Trinajstić information content (AvgIpc) is 3.63. The molecule has 0 spiro atoms. The van der Waals surface area contributed by atoms with Crippen LogP contribution in [0.1, 0.15) is 85.9 Å². The SMILES string of the molecule is [2H]c1c([2H])c([2H])c(-c2ccnc(-c3[c-]c(-c4cccc5c4nc(-c4ccccc4O)n5-c4cc(C(C)(C)C)ccc4-c4ccc(C(C)(C)C)cc4)cc(C(C)(C)C)c3)c2)c([2H])c1[2H].[Pt]. The molecule has 0 aliphatic rings. The van der Waals surface area contributed by atoms with Gasteiger partial charge in [0.2, 0.25) is 0 Å². The number of hydrogen-bond donors (Lipinski definition) is 1. The Balaban J connectivity index is 0.00000612. The van der Waals surface area contributed by atoms with Crippen LogP contribution in [0.3, 0.4) is 0 Å². The van der Waals surface area contributed by atoms with Gasteiger partial charge in [-0.1, -0.05) is 170 Å². The Morgan fingerprint density at radius 2 is 1.22 bits per heavy atom. The minimum absolute atomic E-state index is 0. The van der Waals surface area contributed by atoms with Crippen LogP contribution in [0.5, 0.6) is 5.75 Å². The number of pyridine rings is 1. The summed E-state index contributed by atoms with van der Waals surface area (Å²) >= 11 is 0. The number of phenolic OH excluding ortho intramolecular Hbond substituents is 1. The maximum absolute atomic E-state index is 11.5. The van der Waals surface area contributed by atoms with Crippen LogP contribution < -0.4 is 0 Å². The summed E-state index contributed by atoms with van der Waals surface area (Å²) in [5.74, 6) is 0.710. The molecule has 8 aromatic rings. The Kier molecular flexibility index (Phi) is 9.53. The fraction of sp³-hybridized carbons (Fsp3) is 0.222. The van der Waals surface area contributed by atoms with E-state index in [2.05, 4.69) is 134 Å². The first-order chi connectivity index (χ1) is 29.6. The minimum atomic E-state index is -0.436. The van der Waals surface area contributed by atoms with Crippen LogP contribution in [0.4, 0.5) is 0 Å². The third-order valence-electron chi connectivity index (χ3n) is 10.8. The number of benzene rings is 6. The van der Waals surface area contributed by atoms with Gasteiger partial charge >= 0.3 is 0 Å². The van der Waals surface area contributed by atoms with Crippen LogP contribution in [-0.2, 0) is 37.3 Å². The molecule has 0 aliphatic carbocycles. The molecule has 0 atom stereocenters. The molecule has 1 N–H and O–H groups in total. The zero-order chi connectivity index (χ0) is 45.3. The average molecular weight is 959 g/mol. The molecule has 300 valence electrons. The molecule has 59 heavy (non-hydrogen) atoms.